The first-order valence-corrected chi connectivity index (χ1v) is 16.1. The van der Waals surface area contributed by atoms with Crippen LogP contribution >= 0.6 is 11.8 Å². The number of aromatic nitrogens is 3. The first-order chi connectivity index (χ1) is 21.1. The number of fused-ring (bicyclic) bond motifs is 1. The van der Waals surface area contributed by atoms with Crippen molar-refractivity contribution in [1.82, 2.24) is 25.0 Å². The van der Waals surface area contributed by atoms with Crippen LogP contribution in [-0.2, 0) is 11.2 Å². The van der Waals surface area contributed by atoms with Crippen LogP contribution in [0.25, 0.3) is 23.1 Å². The molecule has 8 nitrogen and oxygen atoms in total. The van der Waals surface area contributed by atoms with Gasteiger partial charge in [-0.2, -0.15) is 9.78 Å². The lowest BCUT2D eigenvalue weighted by molar-refractivity contribution is 0.0522. The van der Waals surface area contributed by atoms with Gasteiger partial charge in [0, 0.05) is 34.0 Å². The number of hydrogen-bond donors (Lipinski definition) is 1. The predicted octanol–water partition coefficient (Wildman–Crippen LogP) is 7.31. The minimum Gasteiger partial charge on any atom is -0.442 e. The minimum absolute atomic E-state index is 0.0616. The molecule has 2 heterocycles. The number of carbonyl (C=O) groups excluding carboxylic acids is 2. The van der Waals surface area contributed by atoms with Gasteiger partial charge in [-0.25, -0.2) is 4.79 Å². The second-order valence-electron chi connectivity index (χ2n) is 12.0. The third kappa shape index (κ3) is 8.15. The van der Waals surface area contributed by atoms with E-state index in [9.17, 15) is 9.59 Å². The molecule has 0 unspecified atom stereocenters. The molecule has 0 spiro atoms. The monoisotopic (exact) mass is 611 g/mol. The molecule has 0 aliphatic heterocycles. The van der Waals surface area contributed by atoms with E-state index in [0.717, 1.165) is 59.8 Å². The quantitative estimate of drug-likeness (QED) is 0.190. The minimum atomic E-state index is -0.678. The Bertz CT molecular complexity index is 1650. The highest BCUT2D eigenvalue weighted by Gasteiger charge is 2.25. The Morgan fingerprint density at radius 2 is 1.84 bits per heavy atom. The van der Waals surface area contributed by atoms with Crippen molar-refractivity contribution < 1.29 is 14.3 Å². The number of hydrogen-bond acceptors (Lipinski definition) is 7. The van der Waals surface area contributed by atoms with Gasteiger partial charge in [0.2, 0.25) is 0 Å². The third-order valence-electron chi connectivity index (χ3n) is 7.39. The molecule has 230 valence electrons. The third-order valence-corrected chi connectivity index (χ3v) is 8.46. The number of amides is 1. The number of rotatable bonds is 11. The van der Waals surface area contributed by atoms with Gasteiger partial charge in [0.25, 0.3) is 5.91 Å². The fraction of sp³-hybridized carbons (Fsp3) is 0.371. The van der Waals surface area contributed by atoms with Gasteiger partial charge in [0.15, 0.2) is 0 Å². The fourth-order valence-corrected chi connectivity index (χ4v) is 5.76. The summed E-state index contributed by atoms with van der Waals surface area (Å²) in [4.78, 5) is 34.9. The summed E-state index contributed by atoms with van der Waals surface area (Å²) in [5.74, 6) is -0.0616. The molecule has 2 aromatic carbocycles. The Balaban J connectivity index is 1.41. The maximum atomic E-state index is 13.3. The van der Waals surface area contributed by atoms with Crippen LogP contribution in [0, 0.1) is 0 Å². The number of nitrogens with one attached hydrogen (secondary N) is 1. The van der Waals surface area contributed by atoms with Gasteiger partial charge in [-0.3, -0.25) is 9.78 Å². The van der Waals surface area contributed by atoms with Crippen LogP contribution in [0.3, 0.4) is 0 Å². The zero-order valence-corrected chi connectivity index (χ0v) is 27.0. The molecular weight excluding hydrogens is 570 g/mol. The Hall–Kier alpha value is -3.95. The summed E-state index contributed by atoms with van der Waals surface area (Å²) in [7, 11) is 0. The van der Waals surface area contributed by atoms with Gasteiger partial charge < -0.3 is 15.0 Å². The molecule has 1 fully saturated rings. The van der Waals surface area contributed by atoms with Crippen molar-refractivity contribution in [1.29, 1.82) is 0 Å². The summed E-state index contributed by atoms with van der Waals surface area (Å²) in [6.45, 7) is 13.0. The van der Waals surface area contributed by atoms with Gasteiger partial charge in [-0.1, -0.05) is 43.8 Å². The second kappa shape index (κ2) is 13.8. The van der Waals surface area contributed by atoms with Crippen LogP contribution in [0.15, 0.2) is 70.6 Å². The lowest BCUT2D eigenvalue weighted by Crippen LogP contribution is -2.27. The van der Waals surface area contributed by atoms with Crippen LogP contribution in [0.2, 0.25) is 0 Å². The topological polar surface area (TPSA) is 89.4 Å². The number of pyridine rings is 1. The van der Waals surface area contributed by atoms with Crippen molar-refractivity contribution in [2.75, 3.05) is 19.6 Å². The molecule has 2 aromatic heterocycles. The van der Waals surface area contributed by atoms with Gasteiger partial charge >= 0.3 is 6.09 Å². The maximum absolute atomic E-state index is 13.3. The average Bonchev–Trinajstić information content (AvgIpc) is 3.74. The summed E-state index contributed by atoms with van der Waals surface area (Å²) < 4.78 is 7.01. The van der Waals surface area contributed by atoms with E-state index in [0.29, 0.717) is 16.8 Å². The Labute approximate surface area is 263 Å². The Morgan fingerprint density at radius 1 is 1.07 bits per heavy atom. The first kappa shape index (κ1) is 31.5. The highest BCUT2D eigenvalue weighted by molar-refractivity contribution is 7.99. The van der Waals surface area contributed by atoms with E-state index < -0.39 is 11.7 Å². The van der Waals surface area contributed by atoms with E-state index in [-0.39, 0.29) is 11.9 Å². The summed E-state index contributed by atoms with van der Waals surface area (Å²) in [5.41, 5.74) is 3.24. The largest absolute Gasteiger partial charge is 0.442 e. The molecule has 44 heavy (non-hydrogen) atoms. The molecule has 1 saturated carbocycles. The maximum Gasteiger partial charge on any atom is 0.435 e. The van der Waals surface area contributed by atoms with Crippen LogP contribution in [-0.4, -0.2) is 62.9 Å². The van der Waals surface area contributed by atoms with Crippen LogP contribution in [0.5, 0.6) is 0 Å². The van der Waals surface area contributed by atoms with E-state index in [1.54, 1.807) is 0 Å². The fourth-order valence-electron chi connectivity index (χ4n) is 4.78. The van der Waals surface area contributed by atoms with E-state index in [2.05, 4.69) is 40.2 Å². The van der Waals surface area contributed by atoms with E-state index in [1.165, 1.54) is 22.0 Å². The first-order valence-electron chi connectivity index (χ1n) is 15.3. The summed E-state index contributed by atoms with van der Waals surface area (Å²) in [5, 5.41) is 8.55. The van der Waals surface area contributed by atoms with Gasteiger partial charge in [-0.15, -0.1) is 0 Å². The molecule has 4 aromatic rings. The number of nitrogens with zero attached hydrogens (tertiary/aromatic N) is 4. The number of carbonyl (C=O) groups is 2. The van der Waals surface area contributed by atoms with Crippen molar-refractivity contribution in [3.05, 3.63) is 83.3 Å². The van der Waals surface area contributed by atoms with Gasteiger partial charge in [-0.05, 0) is 107 Å². The van der Waals surface area contributed by atoms with Gasteiger partial charge in [0.1, 0.15) is 5.60 Å². The summed E-state index contributed by atoms with van der Waals surface area (Å²) in [6, 6.07) is 17.9. The molecule has 5 rings (SSSR count). The molecule has 1 aliphatic carbocycles. The Kier molecular flexibility index (Phi) is 9.86. The molecule has 0 radical (unpaired) electrons. The zero-order valence-electron chi connectivity index (χ0n) is 26.2. The van der Waals surface area contributed by atoms with Crippen molar-refractivity contribution in [3.8, 4) is 0 Å². The van der Waals surface area contributed by atoms with E-state index >= 15 is 0 Å². The van der Waals surface area contributed by atoms with E-state index in [1.807, 2.05) is 87.7 Å². The number of benzene rings is 2. The predicted molar refractivity (Wildman–Crippen MR) is 177 cm³/mol. The lowest BCUT2D eigenvalue weighted by Gasteiger charge is -2.19. The van der Waals surface area contributed by atoms with Crippen LogP contribution in [0.4, 0.5) is 4.79 Å². The molecule has 0 saturated heterocycles. The molecular formula is C35H41N5O3S. The summed E-state index contributed by atoms with van der Waals surface area (Å²) in [6.07, 6.45) is 8.18. The highest BCUT2D eigenvalue weighted by Crippen LogP contribution is 2.34. The normalized spacial score (nSPS) is 13.6. The van der Waals surface area contributed by atoms with Crippen molar-refractivity contribution >= 4 is 46.8 Å². The molecule has 0 atom stereocenters. The van der Waals surface area contributed by atoms with Crippen LogP contribution in [0.1, 0.15) is 74.8 Å². The summed E-state index contributed by atoms with van der Waals surface area (Å²) >= 11 is 1.48. The molecule has 0 bridgehead atoms. The standard InChI is InChI=1S/C35H41N5O3S/c1-6-39(7-2)21-20-24-12-13-25(36-23-24)16-19-30-28-18-17-27(22-31(28)40(38-30)34(42)43-35(3,4)5)44-32-11-9-8-10-29(32)33(41)37-26-14-15-26/h8-13,16-19,22-23,26H,6-7,14-15,20-21H2,1-5H3,(H,37,41)/b19-16+. The SMILES string of the molecule is CCN(CC)CCc1ccc(/C=C/c2nn(C(=O)OC(C)(C)C)c3cc(Sc4ccccc4C(=O)NC4CC4)ccc23)nc1. The van der Waals surface area contributed by atoms with Gasteiger partial charge in [0.05, 0.1) is 22.5 Å². The van der Waals surface area contributed by atoms with E-state index in [4.69, 9.17) is 4.74 Å². The lowest BCUT2D eigenvalue weighted by atomic mass is 10.1. The number of likely N-dealkylation sites (N-methyl/N-ethyl adjacent to an activating group) is 1. The smallest absolute Gasteiger partial charge is 0.435 e. The highest BCUT2D eigenvalue weighted by atomic mass is 32.2. The zero-order chi connectivity index (χ0) is 31.3. The average molecular weight is 612 g/mol. The Morgan fingerprint density at radius 3 is 2.52 bits per heavy atom. The molecule has 1 aliphatic rings. The van der Waals surface area contributed by atoms with Crippen LogP contribution < -0.4 is 5.32 Å². The molecule has 1 amide bonds. The molecule has 1 N–H and O–H groups in total. The van der Waals surface area contributed by atoms with Crippen molar-refractivity contribution in [2.45, 2.75) is 75.3 Å². The van der Waals surface area contributed by atoms with Crippen molar-refractivity contribution in [3.63, 3.8) is 0 Å². The number of ether oxygens (including phenoxy) is 1. The van der Waals surface area contributed by atoms with Crippen molar-refractivity contribution in [2.24, 2.45) is 0 Å². The second-order valence-corrected chi connectivity index (χ2v) is 13.1. The molecule has 9 heteroatoms.